The number of fused-ring (bicyclic) bond motifs is 3. The van der Waals surface area contributed by atoms with Gasteiger partial charge in [-0.3, -0.25) is 0 Å². The number of ether oxygens (including phenoxy) is 1. The Bertz CT molecular complexity index is 1400. The number of alkyl halides is 3. The normalized spacial score (nSPS) is 23.3. The van der Waals surface area contributed by atoms with Crippen LogP contribution in [0.1, 0.15) is 42.4 Å². The van der Waals surface area contributed by atoms with Crippen molar-refractivity contribution < 1.29 is 35.1 Å². The molecule has 0 aromatic heterocycles. The fourth-order valence-electron chi connectivity index (χ4n) is 6.32. The molecule has 1 aliphatic carbocycles. The number of sulfone groups is 1. The molecule has 3 atom stereocenters. The molecule has 1 saturated carbocycles. The van der Waals surface area contributed by atoms with Crippen LogP contribution in [0.3, 0.4) is 0 Å². The first-order chi connectivity index (χ1) is 18.0. The Morgan fingerprint density at radius 1 is 0.921 bits per heavy atom. The molecule has 3 nitrogen and oxygen atoms in total. The SMILES string of the molecule is O=S(=O)(CC[C@@H]1CCC[C@@]2(Cc3ccc(C(F)(F)F)cc3)c3c(F)ccc(F)c3OC[C@@H]12)c1ccccc1. The van der Waals surface area contributed by atoms with Crippen molar-refractivity contribution in [3.05, 3.63) is 95.1 Å². The maximum absolute atomic E-state index is 15.4. The second-order valence-electron chi connectivity index (χ2n) is 10.3. The molecule has 0 radical (unpaired) electrons. The van der Waals surface area contributed by atoms with Gasteiger partial charge in [0.2, 0.25) is 0 Å². The number of rotatable bonds is 6. The van der Waals surface area contributed by atoms with Crippen LogP contribution in [0.5, 0.6) is 5.75 Å². The molecule has 0 unspecified atom stereocenters. The van der Waals surface area contributed by atoms with Gasteiger partial charge in [-0.05, 0) is 73.6 Å². The Kier molecular flexibility index (Phi) is 7.00. The van der Waals surface area contributed by atoms with Crippen molar-refractivity contribution in [2.45, 2.75) is 48.6 Å². The summed E-state index contributed by atoms with van der Waals surface area (Å²) >= 11 is 0. The molecule has 0 bridgehead atoms. The summed E-state index contributed by atoms with van der Waals surface area (Å²) in [5, 5.41) is 0. The standard InChI is InChI=1S/C29H27F5O3S/c30-24-12-13-25(31)27-26(24)28(17-19-8-10-21(11-9-19)29(32,33)34)15-4-5-20(23(28)18-37-27)14-16-38(35,36)22-6-2-1-3-7-22/h1-3,6-13,20,23H,4-5,14-18H2/t20-,23-,28-/m0/s1. The van der Waals surface area contributed by atoms with E-state index in [4.69, 9.17) is 4.74 Å². The molecule has 0 amide bonds. The van der Waals surface area contributed by atoms with Crippen molar-refractivity contribution in [1.82, 2.24) is 0 Å². The highest BCUT2D eigenvalue weighted by molar-refractivity contribution is 7.91. The second-order valence-corrected chi connectivity index (χ2v) is 12.4. The van der Waals surface area contributed by atoms with E-state index in [0.717, 1.165) is 24.3 Å². The second kappa shape index (κ2) is 9.98. The number of halogens is 5. The Labute approximate surface area is 218 Å². The molecule has 9 heteroatoms. The van der Waals surface area contributed by atoms with E-state index in [-0.39, 0.29) is 46.8 Å². The summed E-state index contributed by atoms with van der Waals surface area (Å²) < 4.78 is 101. The molecule has 3 aromatic rings. The van der Waals surface area contributed by atoms with Crippen LogP contribution < -0.4 is 4.74 Å². The van der Waals surface area contributed by atoms with Crippen LogP contribution >= 0.6 is 0 Å². The predicted molar refractivity (Wildman–Crippen MR) is 133 cm³/mol. The van der Waals surface area contributed by atoms with E-state index in [1.54, 1.807) is 30.3 Å². The molecule has 1 heterocycles. The lowest BCUT2D eigenvalue weighted by molar-refractivity contribution is -0.137. The highest BCUT2D eigenvalue weighted by Gasteiger charge is 2.52. The summed E-state index contributed by atoms with van der Waals surface area (Å²) in [6.07, 6.45) is -2.17. The van der Waals surface area contributed by atoms with Crippen molar-refractivity contribution in [2.75, 3.05) is 12.4 Å². The first kappa shape index (κ1) is 26.7. The minimum atomic E-state index is -4.49. The monoisotopic (exact) mass is 550 g/mol. The van der Waals surface area contributed by atoms with Gasteiger partial charge in [-0.15, -0.1) is 0 Å². The number of hydrogen-bond donors (Lipinski definition) is 0. The summed E-state index contributed by atoms with van der Waals surface area (Å²) in [7, 11) is -3.55. The fraction of sp³-hybridized carbons (Fsp3) is 0.379. The maximum atomic E-state index is 15.4. The van der Waals surface area contributed by atoms with Gasteiger partial charge in [0.15, 0.2) is 21.4 Å². The van der Waals surface area contributed by atoms with E-state index in [1.165, 1.54) is 12.1 Å². The van der Waals surface area contributed by atoms with Crippen LogP contribution in [0.25, 0.3) is 0 Å². The molecule has 0 N–H and O–H groups in total. The van der Waals surface area contributed by atoms with Crippen molar-refractivity contribution in [1.29, 1.82) is 0 Å². The van der Waals surface area contributed by atoms with Gasteiger partial charge in [0.05, 0.1) is 22.8 Å². The molecule has 0 saturated heterocycles. The van der Waals surface area contributed by atoms with E-state index in [0.29, 0.717) is 31.2 Å². The van der Waals surface area contributed by atoms with Crippen molar-refractivity contribution in [3.63, 3.8) is 0 Å². The highest BCUT2D eigenvalue weighted by atomic mass is 32.2. The van der Waals surface area contributed by atoms with E-state index in [9.17, 15) is 26.0 Å². The smallest absolute Gasteiger partial charge is 0.416 e. The zero-order valence-electron chi connectivity index (χ0n) is 20.5. The van der Waals surface area contributed by atoms with Crippen molar-refractivity contribution >= 4 is 9.84 Å². The maximum Gasteiger partial charge on any atom is 0.416 e. The summed E-state index contributed by atoms with van der Waals surface area (Å²) in [5.41, 5.74) is -1.06. The highest BCUT2D eigenvalue weighted by Crippen LogP contribution is 2.56. The molecular formula is C29H27F5O3S. The lowest BCUT2D eigenvalue weighted by atomic mass is 9.55. The largest absolute Gasteiger partial charge is 0.490 e. The summed E-state index contributed by atoms with van der Waals surface area (Å²) in [6.45, 7) is 0.0735. The summed E-state index contributed by atoms with van der Waals surface area (Å²) in [4.78, 5) is 0.227. The molecule has 38 heavy (non-hydrogen) atoms. The third-order valence-corrected chi connectivity index (χ3v) is 9.86. The zero-order chi connectivity index (χ0) is 27.1. The van der Waals surface area contributed by atoms with Crippen molar-refractivity contribution in [2.24, 2.45) is 11.8 Å². The number of hydrogen-bond acceptors (Lipinski definition) is 3. The first-order valence-electron chi connectivity index (χ1n) is 12.6. The van der Waals surface area contributed by atoms with E-state index < -0.39 is 38.6 Å². The van der Waals surface area contributed by atoms with Gasteiger partial charge in [0.1, 0.15) is 5.82 Å². The van der Waals surface area contributed by atoms with E-state index in [2.05, 4.69) is 0 Å². The van der Waals surface area contributed by atoms with Gasteiger partial charge in [-0.2, -0.15) is 13.2 Å². The Morgan fingerprint density at radius 2 is 1.61 bits per heavy atom. The quantitative estimate of drug-likeness (QED) is 0.307. The lowest BCUT2D eigenvalue weighted by Crippen LogP contribution is -2.51. The van der Waals surface area contributed by atoms with Gasteiger partial charge in [-0.1, -0.05) is 36.8 Å². The molecule has 2 aliphatic rings. The van der Waals surface area contributed by atoms with Gasteiger partial charge in [0.25, 0.3) is 0 Å². The molecule has 1 aliphatic heterocycles. The molecule has 0 spiro atoms. The minimum absolute atomic E-state index is 0.0735. The number of benzene rings is 3. The van der Waals surface area contributed by atoms with E-state index >= 15 is 4.39 Å². The van der Waals surface area contributed by atoms with Gasteiger partial charge in [0, 0.05) is 16.9 Å². The Morgan fingerprint density at radius 3 is 2.29 bits per heavy atom. The minimum Gasteiger partial charge on any atom is -0.490 e. The zero-order valence-corrected chi connectivity index (χ0v) is 21.3. The van der Waals surface area contributed by atoms with Gasteiger partial charge < -0.3 is 4.74 Å². The first-order valence-corrected chi connectivity index (χ1v) is 14.2. The summed E-state index contributed by atoms with van der Waals surface area (Å²) in [6, 6.07) is 15.0. The van der Waals surface area contributed by atoms with Crippen LogP contribution in [0.15, 0.2) is 71.6 Å². The van der Waals surface area contributed by atoms with Crippen molar-refractivity contribution in [3.8, 4) is 5.75 Å². The van der Waals surface area contributed by atoms with E-state index in [1.807, 2.05) is 0 Å². The molecule has 202 valence electrons. The van der Waals surface area contributed by atoms with Crippen LogP contribution in [0.4, 0.5) is 22.0 Å². The average molecular weight is 551 g/mol. The molecular weight excluding hydrogens is 523 g/mol. The fourth-order valence-corrected chi connectivity index (χ4v) is 7.74. The van der Waals surface area contributed by atoms with Crippen LogP contribution in [-0.2, 0) is 27.8 Å². The topological polar surface area (TPSA) is 43.4 Å². The predicted octanol–water partition coefficient (Wildman–Crippen LogP) is 7.14. The molecule has 3 aromatic carbocycles. The van der Waals surface area contributed by atoms with Gasteiger partial charge in [-0.25, -0.2) is 17.2 Å². The van der Waals surface area contributed by atoms with Crippen LogP contribution in [0.2, 0.25) is 0 Å². The summed E-state index contributed by atoms with van der Waals surface area (Å²) in [5.74, 6) is -2.09. The third kappa shape index (κ3) is 4.93. The lowest BCUT2D eigenvalue weighted by Gasteiger charge is -2.52. The average Bonchev–Trinajstić information content (AvgIpc) is 2.89. The molecule has 5 rings (SSSR count). The Balaban J connectivity index is 1.51. The third-order valence-electron chi connectivity index (χ3n) is 8.10. The van der Waals surface area contributed by atoms with Gasteiger partial charge >= 0.3 is 6.18 Å². The van der Waals surface area contributed by atoms with Crippen LogP contribution in [0, 0.1) is 23.5 Å². The molecule has 1 fully saturated rings. The Hall–Kier alpha value is -2.94. The van der Waals surface area contributed by atoms with Crippen LogP contribution in [-0.4, -0.2) is 20.8 Å².